The van der Waals surface area contributed by atoms with Crippen molar-refractivity contribution in [3.05, 3.63) is 60.5 Å². The van der Waals surface area contributed by atoms with Crippen LogP contribution in [0.4, 0.5) is 11.4 Å². The van der Waals surface area contributed by atoms with E-state index >= 15 is 0 Å². The zero-order valence-corrected chi connectivity index (χ0v) is 18.0. The van der Waals surface area contributed by atoms with Gasteiger partial charge in [0.2, 0.25) is 5.89 Å². The van der Waals surface area contributed by atoms with Crippen LogP contribution >= 0.6 is 0 Å². The number of esters is 1. The maximum atomic E-state index is 12.1. The van der Waals surface area contributed by atoms with Gasteiger partial charge in [-0.2, -0.15) is 0 Å². The minimum absolute atomic E-state index is 0.295. The van der Waals surface area contributed by atoms with Crippen molar-refractivity contribution in [2.24, 2.45) is 0 Å². The Balaban J connectivity index is 1.22. The standard InChI is InChI=1S/C24H26N4O4/c1-2-27-13-15-28(16-14-27)19-9-7-18(8-10-19)25-22(29)17-31-24(30)12-11-23-26-20-5-3-4-6-21(20)32-23/h3-12H,2,13-17H2,1H3,(H,25,29)/b12-11+. The number of nitrogens with one attached hydrogen (secondary N) is 1. The predicted octanol–water partition coefficient (Wildman–Crippen LogP) is 3.16. The van der Waals surface area contributed by atoms with E-state index < -0.39 is 11.9 Å². The van der Waals surface area contributed by atoms with Crippen LogP contribution in [0.15, 0.2) is 59.0 Å². The summed E-state index contributed by atoms with van der Waals surface area (Å²) in [6.07, 6.45) is 2.60. The second-order valence-corrected chi connectivity index (χ2v) is 7.48. The molecule has 0 unspecified atom stereocenters. The molecule has 2 aromatic carbocycles. The summed E-state index contributed by atoms with van der Waals surface area (Å²) in [7, 11) is 0. The van der Waals surface area contributed by atoms with Crippen LogP contribution in [0, 0.1) is 0 Å². The van der Waals surface area contributed by atoms with Gasteiger partial charge in [0.05, 0.1) is 0 Å². The first-order valence-corrected chi connectivity index (χ1v) is 10.7. The first kappa shape index (κ1) is 21.6. The van der Waals surface area contributed by atoms with E-state index in [1.54, 1.807) is 6.07 Å². The molecule has 1 fully saturated rings. The molecule has 166 valence electrons. The molecule has 3 aromatic rings. The quantitative estimate of drug-likeness (QED) is 0.451. The lowest BCUT2D eigenvalue weighted by Gasteiger charge is -2.35. The predicted molar refractivity (Wildman–Crippen MR) is 123 cm³/mol. The molecule has 8 heteroatoms. The van der Waals surface area contributed by atoms with Crippen molar-refractivity contribution in [1.29, 1.82) is 0 Å². The van der Waals surface area contributed by atoms with Crippen molar-refractivity contribution >= 4 is 40.4 Å². The Labute approximate surface area is 186 Å². The maximum absolute atomic E-state index is 12.1. The maximum Gasteiger partial charge on any atom is 0.331 e. The minimum Gasteiger partial charge on any atom is -0.452 e. The molecule has 0 atom stereocenters. The highest BCUT2D eigenvalue weighted by molar-refractivity contribution is 5.94. The number of para-hydroxylation sites is 2. The van der Waals surface area contributed by atoms with Crippen molar-refractivity contribution < 1.29 is 18.7 Å². The van der Waals surface area contributed by atoms with Crippen LogP contribution in [0.1, 0.15) is 12.8 Å². The molecule has 0 bridgehead atoms. The smallest absolute Gasteiger partial charge is 0.331 e. The number of carbonyl (C=O) groups excluding carboxylic acids is 2. The number of benzene rings is 2. The van der Waals surface area contributed by atoms with Crippen molar-refractivity contribution in [2.75, 3.05) is 49.5 Å². The van der Waals surface area contributed by atoms with Gasteiger partial charge in [0, 0.05) is 49.7 Å². The Bertz CT molecular complexity index is 1070. The van der Waals surface area contributed by atoms with E-state index in [0.717, 1.165) is 38.4 Å². The van der Waals surface area contributed by atoms with Gasteiger partial charge in [-0.05, 0) is 42.9 Å². The molecule has 2 heterocycles. The van der Waals surface area contributed by atoms with Crippen LogP contribution in [0.25, 0.3) is 17.2 Å². The largest absolute Gasteiger partial charge is 0.452 e. The molecule has 4 rings (SSSR count). The van der Waals surface area contributed by atoms with Gasteiger partial charge in [0.25, 0.3) is 5.91 Å². The van der Waals surface area contributed by atoms with Crippen LogP contribution < -0.4 is 10.2 Å². The number of carbonyl (C=O) groups is 2. The Morgan fingerprint density at radius 1 is 1.09 bits per heavy atom. The number of anilines is 2. The number of amides is 1. The Morgan fingerprint density at radius 3 is 2.56 bits per heavy atom. The number of oxazole rings is 1. The fourth-order valence-corrected chi connectivity index (χ4v) is 3.56. The molecule has 0 aliphatic carbocycles. The zero-order valence-electron chi connectivity index (χ0n) is 18.0. The number of hydrogen-bond donors (Lipinski definition) is 1. The lowest BCUT2D eigenvalue weighted by atomic mass is 10.2. The third-order valence-electron chi connectivity index (χ3n) is 5.35. The highest BCUT2D eigenvalue weighted by Gasteiger charge is 2.15. The Kier molecular flexibility index (Phi) is 6.81. The molecule has 1 aliphatic heterocycles. The van der Waals surface area contributed by atoms with Crippen molar-refractivity contribution in [3.63, 3.8) is 0 Å². The van der Waals surface area contributed by atoms with Crippen molar-refractivity contribution in [3.8, 4) is 0 Å². The van der Waals surface area contributed by atoms with E-state index in [1.165, 1.54) is 12.2 Å². The zero-order chi connectivity index (χ0) is 22.3. The summed E-state index contributed by atoms with van der Waals surface area (Å²) in [5.74, 6) is -0.759. The SMILES string of the molecule is CCN1CCN(c2ccc(NC(=O)COC(=O)/C=C/c3nc4ccccc4o3)cc2)CC1. The number of nitrogens with zero attached hydrogens (tertiary/aromatic N) is 3. The summed E-state index contributed by atoms with van der Waals surface area (Å²) < 4.78 is 10.5. The van der Waals surface area contributed by atoms with Gasteiger partial charge >= 0.3 is 5.97 Å². The fourth-order valence-electron chi connectivity index (χ4n) is 3.56. The lowest BCUT2D eigenvalue weighted by molar-refractivity contribution is -0.142. The molecule has 1 amide bonds. The lowest BCUT2D eigenvalue weighted by Crippen LogP contribution is -2.46. The van der Waals surface area contributed by atoms with Gasteiger partial charge in [-0.1, -0.05) is 19.1 Å². The van der Waals surface area contributed by atoms with E-state index in [1.807, 2.05) is 42.5 Å². The van der Waals surface area contributed by atoms with Gasteiger partial charge < -0.3 is 24.3 Å². The molecule has 1 saturated heterocycles. The summed E-state index contributed by atoms with van der Waals surface area (Å²) in [6.45, 7) is 6.98. The van der Waals surface area contributed by atoms with Crippen molar-refractivity contribution in [2.45, 2.75) is 6.92 Å². The number of piperazine rings is 1. The van der Waals surface area contributed by atoms with Crippen LogP contribution in [-0.4, -0.2) is 61.1 Å². The first-order chi connectivity index (χ1) is 15.6. The number of likely N-dealkylation sites (N-methyl/N-ethyl adjacent to an activating group) is 1. The van der Waals surface area contributed by atoms with Gasteiger partial charge in [0.1, 0.15) is 5.52 Å². The van der Waals surface area contributed by atoms with Gasteiger partial charge in [0.15, 0.2) is 12.2 Å². The number of hydrogen-bond acceptors (Lipinski definition) is 7. The van der Waals surface area contributed by atoms with Crippen LogP contribution in [0.2, 0.25) is 0 Å². The third kappa shape index (κ3) is 5.53. The summed E-state index contributed by atoms with van der Waals surface area (Å²) in [5, 5.41) is 2.74. The third-order valence-corrected chi connectivity index (χ3v) is 5.35. The molecular formula is C24H26N4O4. The van der Waals surface area contributed by atoms with E-state index in [4.69, 9.17) is 9.15 Å². The van der Waals surface area contributed by atoms with Gasteiger partial charge in [-0.15, -0.1) is 0 Å². The highest BCUT2D eigenvalue weighted by atomic mass is 16.5. The van der Waals surface area contributed by atoms with Crippen LogP contribution in [0.5, 0.6) is 0 Å². The molecule has 1 aromatic heterocycles. The average Bonchev–Trinajstić information content (AvgIpc) is 3.25. The monoisotopic (exact) mass is 434 g/mol. The molecule has 0 saturated carbocycles. The van der Waals surface area contributed by atoms with Crippen molar-refractivity contribution in [1.82, 2.24) is 9.88 Å². The molecule has 32 heavy (non-hydrogen) atoms. The second kappa shape index (κ2) is 10.1. The number of ether oxygens (including phenoxy) is 1. The fraction of sp³-hybridized carbons (Fsp3) is 0.292. The molecule has 8 nitrogen and oxygen atoms in total. The summed E-state index contributed by atoms with van der Waals surface area (Å²) >= 11 is 0. The average molecular weight is 434 g/mol. The Morgan fingerprint density at radius 2 is 1.84 bits per heavy atom. The molecule has 0 spiro atoms. The second-order valence-electron chi connectivity index (χ2n) is 7.48. The van der Waals surface area contributed by atoms with E-state index in [0.29, 0.717) is 22.7 Å². The van der Waals surface area contributed by atoms with E-state index in [9.17, 15) is 9.59 Å². The topological polar surface area (TPSA) is 87.9 Å². The molecule has 0 radical (unpaired) electrons. The number of aromatic nitrogens is 1. The first-order valence-electron chi connectivity index (χ1n) is 10.7. The molecular weight excluding hydrogens is 408 g/mol. The summed E-state index contributed by atoms with van der Waals surface area (Å²) in [5.41, 5.74) is 3.13. The minimum atomic E-state index is -0.649. The van der Waals surface area contributed by atoms with Gasteiger partial charge in [-0.25, -0.2) is 9.78 Å². The van der Waals surface area contributed by atoms with E-state index in [-0.39, 0.29) is 6.61 Å². The molecule has 1 N–H and O–H groups in total. The van der Waals surface area contributed by atoms with E-state index in [2.05, 4.69) is 27.0 Å². The van der Waals surface area contributed by atoms with Crippen LogP contribution in [0.3, 0.4) is 0 Å². The summed E-state index contributed by atoms with van der Waals surface area (Å²) in [4.78, 5) is 33.0. The number of rotatable bonds is 7. The number of fused-ring (bicyclic) bond motifs is 1. The summed E-state index contributed by atoms with van der Waals surface area (Å²) in [6, 6.07) is 15.0. The van der Waals surface area contributed by atoms with Crippen LogP contribution in [-0.2, 0) is 14.3 Å². The highest BCUT2D eigenvalue weighted by Crippen LogP contribution is 2.19. The Hall–Kier alpha value is -3.65. The molecule has 1 aliphatic rings. The van der Waals surface area contributed by atoms with Gasteiger partial charge in [-0.3, -0.25) is 4.79 Å². The normalized spacial score (nSPS) is 14.7.